The van der Waals surface area contributed by atoms with Crippen LogP contribution in [0.4, 0.5) is 5.69 Å². The zero-order chi connectivity index (χ0) is 19.7. The Morgan fingerprint density at radius 1 is 1.18 bits per heavy atom. The number of nitrogens with one attached hydrogen (secondary N) is 1. The molecule has 1 aliphatic heterocycles. The molecule has 1 N–H and O–H groups in total. The van der Waals surface area contributed by atoms with Gasteiger partial charge in [0.15, 0.2) is 0 Å². The summed E-state index contributed by atoms with van der Waals surface area (Å²) in [4.78, 5) is 30.1. The minimum Gasteiger partial charge on any atom is -0.361 e. The second-order valence-electron chi connectivity index (χ2n) is 6.86. The third-order valence-corrected chi connectivity index (χ3v) is 5.00. The van der Waals surface area contributed by atoms with Gasteiger partial charge < -0.3 is 14.7 Å². The van der Waals surface area contributed by atoms with Gasteiger partial charge in [0.25, 0.3) is 5.91 Å². The Bertz CT molecular complexity index is 1060. The topological polar surface area (TPSA) is 88.3 Å². The van der Waals surface area contributed by atoms with E-state index in [0.29, 0.717) is 24.3 Å². The van der Waals surface area contributed by atoms with Crippen LogP contribution in [0.25, 0.3) is 11.1 Å². The Balaban J connectivity index is 1.52. The predicted octanol–water partition coefficient (Wildman–Crippen LogP) is 2.88. The number of hydrogen-bond acceptors (Lipinski definition) is 5. The standard InChI is InChI=1S/C21H20N4O3/c1-13-18(12-24-28-13)21(27)23-10-14-7-17(11-22-9-14)15-3-5-19-16(8-15)4-6-20(26)25(19)2/h3,5,7-9,11-12H,4,6,10H2,1-2H3,(H,23,27). The van der Waals surface area contributed by atoms with E-state index in [9.17, 15) is 9.59 Å². The molecule has 0 aliphatic carbocycles. The fourth-order valence-electron chi connectivity index (χ4n) is 3.37. The van der Waals surface area contributed by atoms with E-state index < -0.39 is 0 Å². The van der Waals surface area contributed by atoms with Crippen molar-refractivity contribution in [1.29, 1.82) is 0 Å². The number of carbonyl (C=O) groups is 2. The molecule has 0 saturated heterocycles. The summed E-state index contributed by atoms with van der Waals surface area (Å²) in [6.07, 6.45) is 6.21. The van der Waals surface area contributed by atoms with Gasteiger partial charge in [0.2, 0.25) is 5.91 Å². The van der Waals surface area contributed by atoms with E-state index in [0.717, 1.165) is 34.4 Å². The summed E-state index contributed by atoms with van der Waals surface area (Å²) >= 11 is 0. The Kier molecular flexibility index (Phi) is 4.65. The molecular weight excluding hydrogens is 356 g/mol. The first kappa shape index (κ1) is 17.9. The molecule has 2 aromatic heterocycles. The lowest BCUT2D eigenvalue weighted by Crippen LogP contribution is -2.30. The molecule has 3 aromatic rings. The molecule has 1 aromatic carbocycles. The van der Waals surface area contributed by atoms with Crippen LogP contribution in [-0.4, -0.2) is 29.0 Å². The fraction of sp³-hybridized carbons (Fsp3) is 0.238. The van der Waals surface area contributed by atoms with Crippen LogP contribution in [0.1, 0.15) is 33.7 Å². The van der Waals surface area contributed by atoms with Crippen molar-refractivity contribution in [3.8, 4) is 11.1 Å². The molecule has 28 heavy (non-hydrogen) atoms. The van der Waals surface area contributed by atoms with Crippen LogP contribution in [0, 0.1) is 6.92 Å². The minimum atomic E-state index is -0.231. The van der Waals surface area contributed by atoms with Crippen LogP contribution in [0.3, 0.4) is 0 Å². The summed E-state index contributed by atoms with van der Waals surface area (Å²) in [6.45, 7) is 2.05. The highest BCUT2D eigenvalue weighted by Crippen LogP contribution is 2.31. The number of hydrogen-bond donors (Lipinski definition) is 1. The monoisotopic (exact) mass is 376 g/mol. The van der Waals surface area contributed by atoms with Gasteiger partial charge >= 0.3 is 0 Å². The lowest BCUT2D eigenvalue weighted by molar-refractivity contribution is -0.118. The highest BCUT2D eigenvalue weighted by molar-refractivity contribution is 5.96. The first-order valence-electron chi connectivity index (χ1n) is 9.06. The highest BCUT2D eigenvalue weighted by Gasteiger charge is 2.21. The smallest absolute Gasteiger partial charge is 0.256 e. The van der Waals surface area contributed by atoms with E-state index in [4.69, 9.17) is 4.52 Å². The van der Waals surface area contributed by atoms with Crippen LogP contribution in [0.2, 0.25) is 0 Å². The predicted molar refractivity (Wildman–Crippen MR) is 104 cm³/mol. The number of amides is 2. The van der Waals surface area contributed by atoms with Crippen molar-refractivity contribution in [2.75, 3.05) is 11.9 Å². The van der Waals surface area contributed by atoms with Crippen LogP contribution in [-0.2, 0) is 17.8 Å². The lowest BCUT2D eigenvalue weighted by Gasteiger charge is -2.26. The van der Waals surface area contributed by atoms with Gasteiger partial charge in [-0.15, -0.1) is 0 Å². The Morgan fingerprint density at radius 2 is 2.04 bits per heavy atom. The number of carbonyl (C=O) groups excluding carboxylic acids is 2. The number of fused-ring (bicyclic) bond motifs is 1. The maximum Gasteiger partial charge on any atom is 0.256 e. The number of rotatable bonds is 4. The molecule has 2 amide bonds. The third-order valence-electron chi connectivity index (χ3n) is 5.00. The molecule has 0 bridgehead atoms. The summed E-state index contributed by atoms with van der Waals surface area (Å²) < 4.78 is 4.93. The van der Waals surface area contributed by atoms with E-state index in [-0.39, 0.29) is 11.8 Å². The maximum atomic E-state index is 12.2. The largest absolute Gasteiger partial charge is 0.361 e. The van der Waals surface area contributed by atoms with E-state index in [1.165, 1.54) is 6.20 Å². The third kappa shape index (κ3) is 3.38. The quantitative estimate of drug-likeness (QED) is 0.756. The summed E-state index contributed by atoms with van der Waals surface area (Å²) in [5, 5.41) is 6.48. The second kappa shape index (κ2) is 7.26. The second-order valence-corrected chi connectivity index (χ2v) is 6.86. The summed E-state index contributed by atoms with van der Waals surface area (Å²) in [6, 6.07) is 8.09. The summed E-state index contributed by atoms with van der Waals surface area (Å²) in [5.41, 5.74) is 5.44. The van der Waals surface area contributed by atoms with Gasteiger partial charge in [-0.1, -0.05) is 11.2 Å². The molecule has 7 nitrogen and oxygen atoms in total. The van der Waals surface area contributed by atoms with Gasteiger partial charge in [-0.3, -0.25) is 14.6 Å². The molecule has 0 saturated carbocycles. The van der Waals surface area contributed by atoms with Crippen LogP contribution in [0.5, 0.6) is 0 Å². The Morgan fingerprint density at radius 3 is 2.82 bits per heavy atom. The van der Waals surface area contributed by atoms with Crippen molar-refractivity contribution in [2.24, 2.45) is 0 Å². The van der Waals surface area contributed by atoms with E-state index in [2.05, 4.69) is 21.5 Å². The van der Waals surface area contributed by atoms with E-state index >= 15 is 0 Å². The molecule has 0 unspecified atom stereocenters. The van der Waals surface area contributed by atoms with Gasteiger partial charge in [0.1, 0.15) is 11.3 Å². The minimum absolute atomic E-state index is 0.141. The van der Waals surface area contributed by atoms with Gasteiger partial charge in [0, 0.05) is 43.7 Å². The molecule has 0 spiro atoms. The van der Waals surface area contributed by atoms with Gasteiger partial charge in [0.05, 0.1) is 6.20 Å². The van der Waals surface area contributed by atoms with Gasteiger partial charge in [-0.25, -0.2) is 0 Å². The molecule has 0 radical (unpaired) electrons. The normalized spacial score (nSPS) is 13.4. The Hall–Kier alpha value is -3.48. The van der Waals surface area contributed by atoms with Crippen molar-refractivity contribution in [2.45, 2.75) is 26.3 Å². The molecule has 0 atom stereocenters. The number of anilines is 1. The van der Waals surface area contributed by atoms with Crippen LogP contribution >= 0.6 is 0 Å². The molecule has 0 fully saturated rings. The van der Waals surface area contributed by atoms with E-state index in [1.54, 1.807) is 24.2 Å². The fourth-order valence-corrected chi connectivity index (χ4v) is 3.37. The van der Waals surface area contributed by atoms with Crippen molar-refractivity contribution in [1.82, 2.24) is 15.5 Å². The highest BCUT2D eigenvalue weighted by atomic mass is 16.5. The number of benzene rings is 1. The first-order valence-corrected chi connectivity index (χ1v) is 9.06. The van der Waals surface area contributed by atoms with Gasteiger partial charge in [-0.2, -0.15) is 0 Å². The molecule has 1 aliphatic rings. The van der Waals surface area contributed by atoms with Gasteiger partial charge in [-0.05, 0) is 48.2 Å². The number of nitrogens with zero attached hydrogens (tertiary/aromatic N) is 3. The molecule has 3 heterocycles. The number of aromatic nitrogens is 2. The number of aryl methyl sites for hydroxylation is 2. The molecule has 4 rings (SSSR count). The van der Waals surface area contributed by atoms with Crippen molar-refractivity contribution in [3.63, 3.8) is 0 Å². The molecular formula is C21H20N4O3. The average molecular weight is 376 g/mol. The van der Waals surface area contributed by atoms with Crippen molar-refractivity contribution >= 4 is 17.5 Å². The number of pyridine rings is 1. The van der Waals surface area contributed by atoms with Crippen molar-refractivity contribution < 1.29 is 14.1 Å². The zero-order valence-electron chi connectivity index (χ0n) is 15.7. The summed E-state index contributed by atoms with van der Waals surface area (Å²) in [7, 11) is 1.81. The maximum absolute atomic E-state index is 12.2. The molecule has 142 valence electrons. The van der Waals surface area contributed by atoms with Crippen LogP contribution < -0.4 is 10.2 Å². The van der Waals surface area contributed by atoms with Crippen molar-refractivity contribution in [3.05, 3.63) is 65.3 Å². The zero-order valence-corrected chi connectivity index (χ0v) is 15.7. The Labute approximate surface area is 162 Å². The van der Waals surface area contributed by atoms with Crippen LogP contribution in [0.15, 0.2) is 47.4 Å². The summed E-state index contributed by atoms with van der Waals surface area (Å²) in [5.74, 6) is 0.398. The lowest BCUT2D eigenvalue weighted by atomic mass is 9.96. The average Bonchev–Trinajstić information content (AvgIpc) is 3.15. The molecule has 7 heteroatoms. The first-order chi connectivity index (χ1) is 13.5. The van der Waals surface area contributed by atoms with E-state index in [1.807, 2.05) is 25.2 Å². The SMILES string of the molecule is Cc1oncc1C(=O)NCc1cncc(-c2ccc3c(c2)CCC(=O)N3C)c1.